The molecule has 1 atom stereocenters. The van der Waals surface area contributed by atoms with Crippen LogP contribution >= 0.6 is 27.5 Å². The third-order valence-electron chi connectivity index (χ3n) is 5.82. The molecule has 5 nitrogen and oxygen atoms in total. The predicted molar refractivity (Wildman–Crippen MR) is 126 cm³/mol. The van der Waals surface area contributed by atoms with Gasteiger partial charge in [0.25, 0.3) is 0 Å². The fourth-order valence-corrected chi connectivity index (χ4v) is 4.63. The number of carbonyl (C=O) groups is 1. The molecule has 156 valence electrons. The molecule has 4 rings (SSSR count). The van der Waals surface area contributed by atoms with E-state index in [9.17, 15) is 4.79 Å². The summed E-state index contributed by atoms with van der Waals surface area (Å²) >= 11 is 9.93. The molecule has 0 aliphatic carbocycles. The van der Waals surface area contributed by atoms with Crippen molar-refractivity contribution in [3.8, 4) is 0 Å². The van der Waals surface area contributed by atoms with Gasteiger partial charge in [0.2, 0.25) is 0 Å². The van der Waals surface area contributed by atoms with Crippen LogP contribution in [0.2, 0.25) is 5.02 Å². The molecule has 7 heteroatoms. The van der Waals surface area contributed by atoms with Crippen molar-refractivity contribution >= 4 is 56.3 Å². The smallest absolute Gasteiger partial charge is 0.307 e. The van der Waals surface area contributed by atoms with Crippen LogP contribution < -0.4 is 10.3 Å². The summed E-state index contributed by atoms with van der Waals surface area (Å²) in [6.07, 6.45) is 2.62. The number of hydrogen-bond acceptors (Lipinski definition) is 4. The molecule has 1 amide bonds. The molecule has 0 bridgehead atoms. The summed E-state index contributed by atoms with van der Waals surface area (Å²) in [5.74, 6) is 0.192. The minimum atomic E-state index is -0.414. The van der Waals surface area contributed by atoms with Crippen molar-refractivity contribution in [1.82, 2.24) is 5.43 Å². The average Bonchev–Trinajstić information content (AvgIpc) is 3.10. The molecule has 0 spiro atoms. The second kappa shape index (κ2) is 7.75. The number of amides is 1. The lowest BCUT2D eigenvalue weighted by Gasteiger charge is -2.45. The van der Waals surface area contributed by atoms with Gasteiger partial charge in [0.1, 0.15) is 5.58 Å². The number of hydrazone groups is 1. The van der Waals surface area contributed by atoms with Crippen LogP contribution in [0.5, 0.6) is 0 Å². The van der Waals surface area contributed by atoms with Crippen molar-refractivity contribution in [2.75, 3.05) is 11.9 Å². The summed E-state index contributed by atoms with van der Waals surface area (Å²) in [5, 5.41) is 5.54. The highest BCUT2D eigenvalue weighted by Crippen LogP contribution is 2.44. The van der Waals surface area contributed by atoms with Crippen molar-refractivity contribution < 1.29 is 9.21 Å². The first kappa shape index (κ1) is 20.9. The van der Waals surface area contributed by atoms with Crippen LogP contribution in [0.3, 0.4) is 0 Å². The van der Waals surface area contributed by atoms with Gasteiger partial charge in [-0.1, -0.05) is 34.5 Å². The van der Waals surface area contributed by atoms with Crippen molar-refractivity contribution in [1.29, 1.82) is 0 Å². The second-order valence-electron chi connectivity index (χ2n) is 8.40. The van der Waals surface area contributed by atoms with E-state index in [0.717, 1.165) is 27.5 Å². The number of halogens is 2. The van der Waals surface area contributed by atoms with E-state index >= 15 is 0 Å². The van der Waals surface area contributed by atoms with Crippen LogP contribution in [0, 0.1) is 0 Å². The monoisotopic (exact) mass is 487 g/mol. The number of fused-ring (bicyclic) bond motifs is 2. The maximum absolute atomic E-state index is 12.4. The molecule has 3 aromatic rings. The first-order valence-electron chi connectivity index (χ1n) is 9.75. The SMILES string of the molecule is CC1CC(C)(C)N(C)c2cc(Cl)c(/C=N\NC(=O)c3cc4cc(Br)ccc4o3)cc21. The molecule has 2 heterocycles. The standard InChI is InChI=1S/C23H23BrClN3O2/c1-13-11-23(2,3)28(4)19-10-18(25)15(8-17(13)19)12-26-27-22(29)21-9-14-7-16(24)5-6-20(14)30-21/h5-10,12-13H,11H2,1-4H3,(H,27,29)/b26-12-. The van der Waals surface area contributed by atoms with E-state index in [0.29, 0.717) is 16.5 Å². The number of furan rings is 1. The molecule has 2 aromatic carbocycles. The predicted octanol–water partition coefficient (Wildman–Crippen LogP) is 6.33. The Kier molecular flexibility index (Phi) is 5.41. The van der Waals surface area contributed by atoms with Crippen LogP contribution in [-0.2, 0) is 0 Å². The number of anilines is 1. The Labute approximate surface area is 189 Å². The Bertz CT molecular complexity index is 1170. The average molecular weight is 489 g/mol. The molecule has 1 aromatic heterocycles. The highest BCUT2D eigenvalue weighted by Gasteiger charge is 2.34. The van der Waals surface area contributed by atoms with Gasteiger partial charge in [-0.2, -0.15) is 5.10 Å². The fraction of sp³-hybridized carbons (Fsp3) is 0.304. The van der Waals surface area contributed by atoms with Gasteiger partial charge in [-0.3, -0.25) is 4.79 Å². The van der Waals surface area contributed by atoms with E-state index in [1.165, 1.54) is 5.56 Å². The molecule has 0 fully saturated rings. The lowest BCUT2D eigenvalue weighted by atomic mass is 9.80. The summed E-state index contributed by atoms with van der Waals surface area (Å²) in [6, 6.07) is 11.3. The molecule has 0 saturated carbocycles. The van der Waals surface area contributed by atoms with E-state index in [2.05, 4.69) is 65.2 Å². The highest BCUT2D eigenvalue weighted by atomic mass is 79.9. The molecule has 1 N–H and O–H groups in total. The third-order valence-corrected chi connectivity index (χ3v) is 6.64. The van der Waals surface area contributed by atoms with Crippen molar-refractivity contribution in [3.05, 3.63) is 62.8 Å². The fourth-order valence-electron chi connectivity index (χ4n) is 4.05. The molecule has 1 aliphatic heterocycles. The van der Waals surface area contributed by atoms with E-state index < -0.39 is 5.91 Å². The maximum Gasteiger partial charge on any atom is 0.307 e. The Balaban J connectivity index is 1.54. The van der Waals surface area contributed by atoms with Gasteiger partial charge in [0, 0.05) is 33.7 Å². The van der Waals surface area contributed by atoms with Crippen LogP contribution in [0.4, 0.5) is 5.69 Å². The number of carbonyl (C=O) groups excluding carboxylic acids is 1. The number of nitrogens with one attached hydrogen (secondary N) is 1. The van der Waals surface area contributed by atoms with Crippen LogP contribution in [0.1, 0.15) is 54.8 Å². The summed E-state index contributed by atoms with van der Waals surface area (Å²) in [7, 11) is 2.10. The Morgan fingerprint density at radius 3 is 2.87 bits per heavy atom. The van der Waals surface area contributed by atoms with E-state index in [1.807, 2.05) is 24.3 Å². The van der Waals surface area contributed by atoms with Gasteiger partial charge in [-0.25, -0.2) is 5.43 Å². The minimum Gasteiger partial charge on any atom is -0.451 e. The maximum atomic E-state index is 12.4. The Morgan fingerprint density at radius 1 is 1.33 bits per heavy atom. The number of benzene rings is 2. The Hall–Kier alpha value is -2.31. The van der Waals surface area contributed by atoms with E-state index in [4.69, 9.17) is 16.0 Å². The quantitative estimate of drug-likeness (QED) is 0.346. The van der Waals surface area contributed by atoms with Crippen LogP contribution in [-0.4, -0.2) is 24.7 Å². The first-order chi connectivity index (χ1) is 14.2. The summed E-state index contributed by atoms with van der Waals surface area (Å²) in [6.45, 7) is 6.70. The van der Waals surface area contributed by atoms with Crippen molar-refractivity contribution in [2.24, 2.45) is 5.10 Å². The summed E-state index contributed by atoms with van der Waals surface area (Å²) in [4.78, 5) is 14.7. The molecular formula is C23H23BrClN3O2. The van der Waals surface area contributed by atoms with E-state index in [-0.39, 0.29) is 11.3 Å². The largest absolute Gasteiger partial charge is 0.451 e. The van der Waals surface area contributed by atoms with Gasteiger partial charge in [0.15, 0.2) is 5.76 Å². The molecule has 0 radical (unpaired) electrons. The van der Waals surface area contributed by atoms with Crippen LogP contribution in [0.25, 0.3) is 11.0 Å². The molecule has 1 aliphatic rings. The molecule has 0 saturated heterocycles. The zero-order valence-electron chi connectivity index (χ0n) is 17.3. The summed E-state index contributed by atoms with van der Waals surface area (Å²) in [5.41, 5.74) is 6.37. The van der Waals surface area contributed by atoms with Crippen molar-refractivity contribution in [2.45, 2.75) is 38.6 Å². The Morgan fingerprint density at radius 2 is 2.10 bits per heavy atom. The zero-order valence-corrected chi connectivity index (χ0v) is 19.6. The molecule has 1 unspecified atom stereocenters. The minimum absolute atomic E-state index is 0.0709. The highest BCUT2D eigenvalue weighted by molar-refractivity contribution is 9.10. The van der Waals surface area contributed by atoms with Gasteiger partial charge >= 0.3 is 5.91 Å². The molecule has 30 heavy (non-hydrogen) atoms. The number of hydrogen-bond donors (Lipinski definition) is 1. The zero-order chi connectivity index (χ0) is 21.6. The van der Waals surface area contributed by atoms with Gasteiger partial charge in [-0.15, -0.1) is 0 Å². The topological polar surface area (TPSA) is 57.8 Å². The normalized spacial score (nSPS) is 18.1. The van der Waals surface area contributed by atoms with Crippen molar-refractivity contribution in [3.63, 3.8) is 0 Å². The van der Waals surface area contributed by atoms with Crippen LogP contribution in [0.15, 0.2) is 50.4 Å². The van der Waals surface area contributed by atoms with Gasteiger partial charge < -0.3 is 9.32 Å². The lowest BCUT2D eigenvalue weighted by molar-refractivity contribution is 0.0929. The summed E-state index contributed by atoms with van der Waals surface area (Å²) < 4.78 is 6.52. The second-order valence-corrected chi connectivity index (χ2v) is 9.72. The third kappa shape index (κ3) is 3.86. The molecular weight excluding hydrogens is 466 g/mol. The lowest BCUT2D eigenvalue weighted by Crippen LogP contribution is -2.45. The number of rotatable bonds is 3. The van der Waals surface area contributed by atoms with E-state index in [1.54, 1.807) is 12.3 Å². The van der Waals surface area contributed by atoms with Gasteiger partial charge in [0.05, 0.1) is 11.2 Å². The number of nitrogens with zero attached hydrogens (tertiary/aromatic N) is 2. The first-order valence-corrected chi connectivity index (χ1v) is 10.9. The van der Waals surface area contributed by atoms with Gasteiger partial charge in [-0.05, 0) is 68.1 Å².